The first-order valence-corrected chi connectivity index (χ1v) is 6.80. The lowest BCUT2D eigenvalue weighted by atomic mass is 10.2. The van der Waals surface area contributed by atoms with E-state index in [9.17, 15) is 19.2 Å². The molecule has 0 radical (unpaired) electrons. The van der Waals surface area contributed by atoms with Crippen LogP contribution in [-0.4, -0.2) is 28.0 Å². The predicted octanol–water partition coefficient (Wildman–Crippen LogP) is -0.604. The van der Waals surface area contributed by atoms with Crippen LogP contribution in [0.4, 0.5) is 0 Å². The molecule has 0 aliphatic heterocycles. The van der Waals surface area contributed by atoms with E-state index in [2.05, 4.69) is 5.32 Å². The summed E-state index contributed by atoms with van der Waals surface area (Å²) in [4.78, 5) is 47.5. The summed E-state index contributed by atoms with van der Waals surface area (Å²) in [7, 11) is 0. The second kappa shape index (κ2) is 7.74. The van der Waals surface area contributed by atoms with Gasteiger partial charge in [-0.1, -0.05) is 30.3 Å². The number of benzene rings is 1. The molecule has 0 unspecified atom stereocenters. The number of carbonyl (C=O) groups excluding carboxylic acids is 2. The SMILES string of the molecule is O=C(COC(=O)Cn1ccc(=O)[nH]c1=O)NCc1ccccc1. The van der Waals surface area contributed by atoms with Gasteiger partial charge in [-0.3, -0.25) is 23.9 Å². The number of esters is 1. The molecular formula is C15H15N3O5. The first-order chi connectivity index (χ1) is 11.0. The van der Waals surface area contributed by atoms with Crippen LogP contribution in [0.5, 0.6) is 0 Å². The molecule has 1 aromatic carbocycles. The molecule has 0 aliphatic rings. The topological polar surface area (TPSA) is 110 Å². The van der Waals surface area contributed by atoms with Crippen molar-refractivity contribution >= 4 is 11.9 Å². The molecule has 1 aromatic heterocycles. The van der Waals surface area contributed by atoms with Crippen molar-refractivity contribution in [2.24, 2.45) is 0 Å². The summed E-state index contributed by atoms with van der Waals surface area (Å²) in [5.74, 6) is -1.20. The number of ether oxygens (including phenoxy) is 1. The molecule has 0 saturated carbocycles. The summed E-state index contributed by atoms with van der Waals surface area (Å²) < 4.78 is 5.76. The summed E-state index contributed by atoms with van der Waals surface area (Å²) in [5.41, 5.74) is -0.352. The number of rotatable bonds is 6. The van der Waals surface area contributed by atoms with Gasteiger partial charge in [-0.15, -0.1) is 0 Å². The van der Waals surface area contributed by atoms with Crippen LogP contribution >= 0.6 is 0 Å². The molecule has 2 rings (SSSR count). The molecule has 0 atom stereocenters. The average molecular weight is 317 g/mol. The highest BCUT2D eigenvalue weighted by Gasteiger charge is 2.09. The van der Waals surface area contributed by atoms with E-state index >= 15 is 0 Å². The normalized spacial score (nSPS) is 10.1. The van der Waals surface area contributed by atoms with Crippen molar-refractivity contribution in [1.29, 1.82) is 0 Å². The number of aromatic nitrogens is 2. The fraction of sp³-hybridized carbons (Fsp3) is 0.200. The number of hydrogen-bond donors (Lipinski definition) is 2. The molecule has 2 aromatic rings. The summed E-state index contributed by atoms with van der Waals surface area (Å²) in [6.45, 7) is -0.498. The average Bonchev–Trinajstić information content (AvgIpc) is 2.54. The van der Waals surface area contributed by atoms with Crippen molar-refractivity contribution in [3.8, 4) is 0 Å². The van der Waals surface area contributed by atoms with E-state index < -0.39 is 29.7 Å². The molecular weight excluding hydrogens is 302 g/mol. The number of nitrogens with zero attached hydrogens (tertiary/aromatic N) is 1. The Morgan fingerprint density at radius 1 is 1.13 bits per heavy atom. The maximum atomic E-state index is 11.6. The Balaban J connectivity index is 1.76. The number of carbonyl (C=O) groups is 2. The highest BCUT2D eigenvalue weighted by molar-refractivity contribution is 5.80. The Labute approximate surface area is 130 Å². The second-order valence-corrected chi connectivity index (χ2v) is 4.66. The smallest absolute Gasteiger partial charge is 0.328 e. The standard InChI is InChI=1S/C15H15N3O5/c19-12-6-7-18(15(22)17-12)9-14(21)23-10-13(20)16-8-11-4-2-1-3-5-11/h1-7H,8-10H2,(H,16,20)(H,17,19,22). The second-order valence-electron chi connectivity index (χ2n) is 4.66. The van der Waals surface area contributed by atoms with Gasteiger partial charge >= 0.3 is 11.7 Å². The molecule has 1 amide bonds. The molecule has 0 aliphatic carbocycles. The van der Waals surface area contributed by atoms with Gasteiger partial charge in [0.2, 0.25) is 0 Å². The lowest BCUT2D eigenvalue weighted by Gasteiger charge is -2.07. The Morgan fingerprint density at radius 3 is 2.57 bits per heavy atom. The minimum atomic E-state index is -0.756. The Morgan fingerprint density at radius 2 is 1.87 bits per heavy atom. The fourth-order valence-corrected chi connectivity index (χ4v) is 1.75. The Bertz CT molecular complexity index is 795. The van der Waals surface area contributed by atoms with Crippen molar-refractivity contribution in [2.45, 2.75) is 13.1 Å². The van der Waals surface area contributed by atoms with E-state index in [1.807, 2.05) is 35.3 Å². The number of H-pyrrole nitrogens is 1. The predicted molar refractivity (Wildman–Crippen MR) is 80.6 cm³/mol. The fourth-order valence-electron chi connectivity index (χ4n) is 1.75. The van der Waals surface area contributed by atoms with Crippen LogP contribution in [0.3, 0.4) is 0 Å². The zero-order chi connectivity index (χ0) is 16.7. The first-order valence-electron chi connectivity index (χ1n) is 6.80. The van der Waals surface area contributed by atoms with Crippen molar-refractivity contribution < 1.29 is 14.3 Å². The third kappa shape index (κ3) is 5.27. The maximum Gasteiger partial charge on any atom is 0.328 e. The van der Waals surface area contributed by atoms with Crippen LogP contribution < -0.4 is 16.6 Å². The zero-order valence-electron chi connectivity index (χ0n) is 12.2. The Hall–Kier alpha value is -3.16. The van der Waals surface area contributed by atoms with Crippen LogP contribution in [0.25, 0.3) is 0 Å². The molecule has 0 spiro atoms. The van der Waals surface area contributed by atoms with Gasteiger partial charge in [0.25, 0.3) is 11.5 Å². The van der Waals surface area contributed by atoms with E-state index in [1.54, 1.807) is 0 Å². The van der Waals surface area contributed by atoms with Crippen molar-refractivity contribution in [3.05, 3.63) is 69.0 Å². The van der Waals surface area contributed by atoms with Crippen LogP contribution in [0.15, 0.2) is 52.2 Å². The molecule has 120 valence electrons. The van der Waals surface area contributed by atoms with Gasteiger partial charge in [-0.2, -0.15) is 0 Å². The summed E-state index contributed by atoms with van der Waals surface area (Å²) >= 11 is 0. The molecule has 0 fully saturated rings. The summed E-state index contributed by atoms with van der Waals surface area (Å²) in [6.07, 6.45) is 1.18. The Kier molecular flexibility index (Phi) is 5.45. The quantitative estimate of drug-likeness (QED) is 0.691. The molecule has 8 nitrogen and oxygen atoms in total. The minimum Gasteiger partial charge on any atom is -0.454 e. The lowest BCUT2D eigenvalue weighted by Crippen LogP contribution is -2.33. The van der Waals surface area contributed by atoms with Gasteiger partial charge in [-0.05, 0) is 5.56 Å². The van der Waals surface area contributed by atoms with E-state index in [0.29, 0.717) is 6.54 Å². The van der Waals surface area contributed by atoms with Gasteiger partial charge < -0.3 is 10.1 Å². The first kappa shape index (κ1) is 16.2. The number of nitrogens with one attached hydrogen (secondary N) is 2. The maximum absolute atomic E-state index is 11.6. The molecule has 2 N–H and O–H groups in total. The van der Waals surface area contributed by atoms with Gasteiger partial charge in [0, 0.05) is 18.8 Å². The van der Waals surface area contributed by atoms with Gasteiger partial charge in [0.15, 0.2) is 6.61 Å². The largest absolute Gasteiger partial charge is 0.454 e. The van der Waals surface area contributed by atoms with Crippen molar-refractivity contribution in [2.75, 3.05) is 6.61 Å². The number of amides is 1. The minimum absolute atomic E-state index is 0.330. The summed E-state index contributed by atoms with van der Waals surface area (Å²) in [6, 6.07) is 10.4. The molecule has 23 heavy (non-hydrogen) atoms. The van der Waals surface area contributed by atoms with Crippen LogP contribution in [-0.2, 0) is 27.4 Å². The van der Waals surface area contributed by atoms with Crippen LogP contribution in [0.2, 0.25) is 0 Å². The van der Waals surface area contributed by atoms with Crippen molar-refractivity contribution in [1.82, 2.24) is 14.9 Å². The van der Waals surface area contributed by atoms with Gasteiger partial charge in [-0.25, -0.2) is 4.79 Å². The zero-order valence-corrected chi connectivity index (χ0v) is 12.2. The van der Waals surface area contributed by atoms with E-state index in [-0.39, 0.29) is 6.54 Å². The monoisotopic (exact) mass is 317 g/mol. The van der Waals surface area contributed by atoms with E-state index in [1.165, 1.54) is 6.20 Å². The highest BCUT2D eigenvalue weighted by atomic mass is 16.5. The molecule has 0 saturated heterocycles. The third-order valence-electron chi connectivity index (χ3n) is 2.89. The number of aromatic amines is 1. The van der Waals surface area contributed by atoms with Gasteiger partial charge in [0.05, 0.1) is 0 Å². The number of hydrogen-bond acceptors (Lipinski definition) is 5. The summed E-state index contributed by atoms with van der Waals surface area (Å²) in [5, 5.41) is 2.60. The lowest BCUT2D eigenvalue weighted by molar-refractivity contribution is -0.149. The van der Waals surface area contributed by atoms with E-state index in [0.717, 1.165) is 16.2 Å². The van der Waals surface area contributed by atoms with E-state index in [4.69, 9.17) is 4.74 Å². The highest BCUT2D eigenvalue weighted by Crippen LogP contribution is 1.97. The third-order valence-corrected chi connectivity index (χ3v) is 2.89. The molecule has 0 bridgehead atoms. The van der Waals surface area contributed by atoms with Crippen molar-refractivity contribution in [3.63, 3.8) is 0 Å². The van der Waals surface area contributed by atoms with Crippen LogP contribution in [0.1, 0.15) is 5.56 Å². The van der Waals surface area contributed by atoms with Crippen LogP contribution in [0, 0.1) is 0 Å². The molecule has 1 heterocycles. The van der Waals surface area contributed by atoms with Gasteiger partial charge in [0.1, 0.15) is 6.54 Å². The molecule has 8 heteroatoms.